The van der Waals surface area contributed by atoms with Crippen molar-refractivity contribution in [1.82, 2.24) is 10.2 Å². The molecule has 9 nitrogen and oxygen atoms in total. The lowest BCUT2D eigenvalue weighted by Crippen LogP contribution is -2.49. The van der Waals surface area contributed by atoms with Crippen molar-refractivity contribution in [3.05, 3.63) is 83.4 Å². The number of carbonyl (C=O) groups is 3. The smallest absolute Gasteiger partial charge is 0.409 e. The number of nitrogens with two attached hydrogens (primary N) is 1. The number of hydrogen-bond acceptors (Lipinski definition) is 7. The number of hydrogen-bond donors (Lipinski definition) is 2. The van der Waals surface area contributed by atoms with E-state index in [1.807, 2.05) is 30.3 Å². The standard InChI is InChI=1S/C32H36N4O5/c1-32(2,3)41-29(37)19-34-30(38)26-18-21(12-13-28(26)33)35-14-16-36(17-15-35)31(39)40-20-27-24-10-6-4-8-22(24)23-9-5-7-11-25(23)27/h4-13,18,27H,14-17,19-20,33H2,1-3H3,(H,34,38). The zero-order valence-electron chi connectivity index (χ0n) is 23.7. The lowest BCUT2D eigenvalue weighted by atomic mass is 9.98. The van der Waals surface area contributed by atoms with Crippen molar-refractivity contribution in [3.8, 4) is 11.1 Å². The summed E-state index contributed by atoms with van der Waals surface area (Å²) in [6, 6.07) is 21.8. The van der Waals surface area contributed by atoms with E-state index in [9.17, 15) is 14.4 Å². The molecular formula is C32H36N4O5. The minimum atomic E-state index is -0.636. The van der Waals surface area contributed by atoms with E-state index in [1.54, 1.807) is 37.8 Å². The zero-order valence-corrected chi connectivity index (χ0v) is 23.7. The van der Waals surface area contributed by atoms with E-state index in [-0.39, 0.29) is 30.7 Å². The van der Waals surface area contributed by atoms with E-state index in [4.69, 9.17) is 15.2 Å². The molecule has 0 spiro atoms. The maximum atomic E-state index is 13.0. The summed E-state index contributed by atoms with van der Waals surface area (Å²) in [7, 11) is 0. The molecular weight excluding hydrogens is 520 g/mol. The van der Waals surface area contributed by atoms with E-state index in [0.717, 1.165) is 5.69 Å². The Morgan fingerprint density at radius 3 is 2.12 bits per heavy atom. The summed E-state index contributed by atoms with van der Waals surface area (Å²) in [5.41, 5.74) is 11.6. The lowest BCUT2D eigenvalue weighted by Gasteiger charge is -2.36. The Labute approximate surface area is 240 Å². The predicted molar refractivity (Wildman–Crippen MR) is 158 cm³/mol. The third-order valence-electron chi connectivity index (χ3n) is 7.33. The topological polar surface area (TPSA) is 114 Å². The molecule has 2 amide bonds. The number of ether oxygens (including phenoxy) is 2. The molecule has 3 aromatic rings. The van der Waals surface area contributed by atoms with Crippen molar-refractivity contribution in [2.75, 3.05) is 50.0 Å². The van der Waals surface area contributed by atoms with Gasteiger partial charge in [-0.3, -0.25) is 9.59 Å². The van der Waals surface area contributed by atoms with Gasteiger partial charge in [0.1, 0.15) is 18.8 Å². The van der Waals surface area contributed by atoms with Crippen LogP contribution in [0.3, 0.4) is 0 Å². The second-order valence-corrected chi connectivity index (χ2v) is 11.3. The first-order valence-corrected chi connectivity index (χ1v) is 13.8. The molecule has 3 N–H and O–H groups in total. The first kappa shape index (κ1) is 28.0. The van der Waals surface area contributed by atoms with Gasteiger partial charge in [-0.05, 0) is 61.2 Å². The van der Waals surface area contributed by atoms with Crippen molar-refractivity contribution >= 4 is 29.3 Å². The quantitative estimate of drug-likeness (QED) is 0.341. The summed E-state index contributed by atoms with van der Waals surface area (Å²) in [6.07, 6.45) is -0.328. The monoisotopic (exact) mass is 556 g/mol. The largest absolute Gasteiger partial charge is 0.459 e. The molecule has 5 rings (SSSR count). The van der Waals surface area contributed by atoms with Crippen LogP contribution in [-0.4, -0.2) is 67.8 Å². The van der Waals surface area contributed by atoms with Crippen LogP contribution in [0.5, 0.6) is 0 Å². The molecule has 1 fully saturated rings. The van der Waals surface area contributed by atoms with Crippen LogP contribution in [-0.2, 0) is 14.3 Å². The van der Waals surface area contributed by atoms with Crippen LogP contribution in [0.15, 0.2) is 66.7 Å². The Morgan fingerprint density at radius 2 is 1.51 bits per heavy atom. The van der Waals surface area contributed by atoms with Crippen LogP contribution in [0.4, 0.5) is 16.2 Å². The third-order valence-corrected chi connectivity index (χ3v) is 7.33. The number of esters is 1. The first-order chi connectivity index (χ1) is 19.6. The fourth-order valence-corrected chi connectivity index (χ4v) is 5.40. The number of benzene rings is 3. The number of nitrogens with zero attached hydrogens (tertiary/aromatic N) is 2. The Kier molecular flexibility index (Phi) is 7.88. The average Bonchev–Trinajstić information content (AvgIpc) is 3.28. The van der Waals surface area contributed by atoms with Gasteiger partial charge in [0.15, 0.2) is 0 Å². The van der Waals surface area contributed by atoms with Crippen LogP contribution in [0.1, 0.15) is 48.2 Å². The highest BCUT2D eigenvalue weighted by atomic mass is 16.6. The second kappa shape index (κ2) is 11.5. The molecule has 0 radical (unpaired) electrons. The van der Waals surface area contributed by atoms with Crippen LogP contribution in [0.25, 0.3) is 11.1 Å². The van der Waals surface area contributed by atoms with Gasteiger partial charge in [0.2, 0.25) is 0 Å². The van der Waals surface area contributed by atoms with Crippen LogP contribution < -0.4 is 16.0 Å². The van der Waals surface area contributed by atoms with Crippen molar-refractivity contribution < 1.29 is 23.9 Å². The molecule has 0 bridgehead atoms. The number of anilines is 2. The Bertz CT molecular complexity index is 1410. The summed E-state index contributed by atoms with van der Waals surface area (Å²) in [5.74, 6) is -0.959. The molecule has 3 aromatic carbocycles. The van der Waals surface area contributed by atoms with Gasteiger partial charge < -0.3 is 30.3 Å². The average molecular weight is 557 g/mol. The van der Waals surface area contributed by atoms with Crippen LogP contribution >= 0.6 is 0 Å². The molecule has 0 aromatic heterocycles. The van der Waals surface area contributed by atoms with E-state index < -0.39 is 17.5 Å². The van der Waals surface area contributed by atoms with Gasteiger partial charge in [-0.25, -0.2) is 4.79 Å². The van der Waals surface area contributed by atoms with Gasteiger partial charge in [-0.2, -0.15) is 0 Å². The van der Waals surface area contributed by atoms with Crippen molar-refractivity contribution in [2.24, 2.45) is 0 Å². The highest BCUT2D eigenvalue weighted by Gasteiger charge is 2.30. The molecule has 2 aliphatic rings. The molecule has 0 unspecified atom stereocenters. The summed E-state index contributed by atoms with van der Waals surface area (Å²) < 4.78 is 11.1. The van der Waals surface area contributed by atoms with Crippen molar-refractivity contribution in [2.45, 2.75) is 32.3 Å². The zero-order chi connectivity index (χ0) is 29.1. The number of carbonyl (C=O) groups excluding carboxylic acids is 3. The Hall–Kier alpha value is -4.53. The second-order valence-electron chi connectivity index (χ2n) is 11.3. The van der Waals surface area contributed by atoms with Gasteiger partial charge in [-0.15, -0.1) is 0 Å². The molecule has 1 aliphatic carbocycles. The van der Waals surface area contributed by atoms with Crippen LogP contribution in [0.2, 0.25) is 0 Å². The van der Waals surface area contributed by atoms with Gasteiger partial charge in [0.05, 0.1) is 5.56 Å². The summed E-state index contributed by atoms with van der Waals surface area (Å²) in [4.78, 5) is 41.6. The predicted octanol–water partition coefficient (Wildman–Crippen LogP) is 4.41. The number of rotatable bonds is 6. The van der Waals surface area contributed by atoms with Crippen LogP contribution in [0, 0.1) is 0 Å². The molecule has 1 heterocycles. The SMILES string of the molecule is CC(C)(C)OC(=O)CNC(=O)c1cc(N2CCN(C(=O)OCC3c4ccccc4-c4ccccc43)CC2)ccc1N. The minimum Gasteiger partial charge on any atom is -0.459 e. The molecule has 9 heteroatoms. The molecule has 1 saturated heterocycles. The van der Waals surface area contributed by atoms with Gasteiger partial charge in [0, 0.05) is 43.5 Å². The van der Waals surface area contributed by atoms with Gasteiger partial charge in [0.25, 0.3) is 5.91 Å². The number of amides is 2. The maximum Gasteiger partial charge on any atom is 0.409 e. The lowest BCUT2D eigenvalue weighted by molar-refractivity contribution is -0.153. The van der Waals surface area contributed by atoms with Gasteiger partial charge >= 0.3 is 12.1 Å². The number of nitrogen functional groups attached to an aromatic ring is 1. The summed E-state index contributed by atoms with van der Waals surface area (Å²) >= 11 is 0. The van der Waals surface area contributed by atoms with E-state index in [2.05, 4.69) is 34.5 Å². The molecule has 1 aliphatic heterocycles. The normalized spacial score (nSPS) is 14.7. The summed E-state index contributed by atoms with van der Waals surface area (Å²) in [5, 5.41) is 2.58. The fourth-order valence-electron chi connectivity index (χ4n) is 5.40. The Morgan fingerprint density at radius 1 is 0.902 bits per heavy atom. The van der Waals surface area contributed by atoms with E-state index >= 15 is 0 Å². The van der Waals surface area contributed by atoms with Crippen molar-refractivity contribution in [1.29, 1.82) is 0 Å². The Balaban J connectivity index is 1.15. The molecule has 0 atom stereocenters. The third kappa shape index (κ3) is 6.29. The number of piperazine rings is 1. The number of fused-ring (bicyclic) bond motifs is 3. The first-order valence-electron chi connectivity index (χ1n) is 13.8. The molecule has 0 saturated carbocycles. The molecule has 41 heavy (non-hydrogen) atoms. The maximum absolute atomic E-state index is 13.0. The van der Waals surface area contributed by atoms with Gasteiger partial charge in [-0.1, -0.05) is 48.5 Å². The summed E-state index contributed by atoms with van der Waals surface area (Å²) in [6.45, 7) is 7.46. The van der Waals surface area contributed by atoms with Crippen molar-refractivity contribution in [3.63, 3.8) is 0 Å². The van der Waals surface area contributed by atoms with E-state index in [0.29, 0.717) is 31.9 Å². The molecule has 214 valence electrons. The minimum absolute atomic E-state index is 0.0160. The highest BCUT2D eigenvalue weighted by Crippen LogP contribution is 2.44. The fraction of sp³-hybridized carbons (Fsp3) is 0.344. The number of nitrogens with one attached hydrogen (secondary N) is 1. The van der Waals surface area contributed by atoms with E-state index in [1.165, 1.54) is 22.3 Å². The highest BCUT2D eigenvalue weighted by molar-refractivity contribution is 6.01.